The van der Waals surface area contributed by atoms with Gasteiger partial charge in [-0.15, -0.1) is 0 Å². The maximum absolute atomic E-state index is 12.7. The molecule has 1 atom stereocenters. The molecule has 0 bridgehead atoms. The summed E-state index contributed by atoms with van der Waals surface area (Å²) in [7, 11) is 0. The van der Waals surface area contributed by atoms with Crippen LogP contribution in [0.3, 0.4) is 0 Å². The smallest absolute Gasteiger partial charge is 0.315 e. The first-order chi connectivity index (χ1) is 9.88. The molecule has 5 nitrogen and oxygen atoms in total. The molecule has 0 heterocycles. The Hall–Kier alpha value is -2.11. The van der Waals surface area contributed by atoms with E-state index in [1.54, 1.807) is 12.1 Å². The van der Waals surface area contributed by atoms with E-state index in [2.05, 4.69) is 10.6 Å². The summed E-state index contributed by atoms with van der Waals surface area (Å²) in [6.45, 7) is 4.11. The molecule has 3 N–H and O–H groups in total. The molecule has 1 aromatic rings. The van der Waals surface area contributed by atoms with Crippen molar-refractivity contribution in [2.24, 2.45) is 5.92 Å². The van der Waals surface area contributed by atoms with Crippen LogP contribution >= 0.6 is 0 Å². The van der Waals surface area contributed by atoms with Crippen LogP contribution < -0.4 is 10.6 Å². The maximum atomic E-state index is 12.7. The summed E-state index contributed by atoms with van der Waals surface area (Å²) in [6.07, 6.45) is 0.474. The predicted octanol–water partition coefficient (Wildman–Crippen LogP) is 2.17. The second-order valence-electron chi connectivity index (χ2n) is 5.23. The molecule has 0 spiro atoms. The first-order valence-electron chi connectivity index (χ1n) is 6.89. The fourth-order valence-corrected chi connectivity index (χ4v) is 1.83. The summed E-state index contributed by atoms with van der Waals surface area (Å²) in [6, 6.07) is 5.27. The average Bonchev–Trinajstić information content (AvgIpc) is 2.39. The van der Waals surface area contributed by atoms with Gasteiger partial charge in [0.2, 0.25) is 0 Å². The number of rotatable bonds is 7. The number of carboxylic acids is 1. The number of hydrogen-bond acceptors (Lipinski definition) is 2. The minimum absolute atomic E-state index is 0.0314. The van der Waals surface area contributed by atoms with Gasteiger partial charge in [-0.3, -0.25) is 4.79 Å². The van der Waals surface area contributed by atoms with Crippen LogP contribution in [0.5, 0.6) is 0 Å². The minimum Gasteiger partial charge on any atom is -0.481 e. The van der Waals surface area contributed by atoms with Gasteiger partial charge in [-0.1, -0.05) is 26.0 Å². The predicted molar refractivity (Wildman–Crippen MR) is 77.5 cm³/mol. The largest absolute Gasteiger partial charge is 0.481 e. The van der Waals surface area contributed by atoms with Gasteiger partial charge in [0.05, 0.1) is 6.42 Å². The molecule has 1 aromatic carbocycles. The van der Waals surface area contributed by atoms with Gasteiger partial charge in [0, 0.05) is 12.6 Å². The van der Waals surface area contributed by atoms with Crippen LogP contribution in [0.25, 0.3) is 0 Å². The summed E-state index contributed by atoms with van der Waals surface area (Å²) < 4.78 is 12.7. The lowest BCUT2D eigenvalue weighted by atomic mass is 10.0. The second kappa shape index (κ2) is 8.24. The van der Waals surface area contributed by atoms with E-state index in [4.69, 9.17) is 5.11 Å². The summed E-state index contributed by atoms with van der Waals surface area (Å²) in [5.74, 6) is -1.21. The van der Waals surface area contributed by atoms with Crippen molar-refractivity contribution in [1.29, 1.82) is 0 Å². The normalized spacial score (nSPS) is 12.0. The molecule has 2 amide bonds. The van der Waals surface area contributed by atoms with Crippen LogP contribution in [0.2, 0.25) is 0 Å². The van der Waals surface area contributed by atoms with Crippen LogP contribution in [0, 0.1) is 11.7 Å². The number of hydrogen-bond donors (Lipinski definition) is 3. The second-order valence-corrected chi connectivity index (χ2v) is 5.23. The number of benzene rings is 1. The highest BCUT2D eigenvalue weighted by Gasteiger charge is 2.18. The van der Waals surface area contributed by atoms with Crippen molar-refractivity contribution in [2.75, 3.05) is 6.54 Å². The van der Waals surface area contributed by atoms with E-state index >= 15 is 0 Å². The van der Waals surface area contributed by atoms with Crippen molar-refractivity contribution in [1.82, 2.24) is 10.6 Å². The van der Waals surface area contributed by atoms with Crippen LogP contribution in [0.4, 0.5) is 9.18 Å². The highest BCUT2D eigenvalue weighted by Crippen LogP contribution is 2.06. The molecule has 1 unspecified atom stereocenters. The zero-order valence-corrected chi connectivity index (χ0v) is 12.2. The third-order valence-corrected chi connectivity index (χ3v) is 3.13. The van der Waals surface area contributed by atoms with E-state index in [1.807, 2.05) is 13.8 Å². The lowest BCUT2D eigenvalue weighted by Gasteiger charge is -2.20. The molecule has 21 heavy (non-hydrogen) atoms. The topological polar surface area (TPSA) is 78.4 Å². The van der Waals surface area contributed by atoms with Crippen molar-refractivity contribution in [3.05, 3.63) is 35.6 Å². The molecule has 0 aromatic heterocycles. The molecule has 116 valence electrons. The summed E-state index contributed by atoms with van der Waals surface area (Å²) in [5.41, 5.74) is 0.919. The summed E-state index contributed by atoms with van der Waals surface area (Å²) in [5, 5.41) is 14.1. The van der Waals surface area contributed by atoms with Crippen LogP contribution in [-0.2, 0) is 11.2 Å². The zero-order chi connectivity index (χ0) is 15.8. The van der Waals surface area contributed by atoms with Crippen molar-refractivity contribution in [2.45, 2.75) is 32.7 Å². The monoisotopic (exact) mass is 296 g/mol. The molecule has 0 fully saturated rings. The van der Waals surface area contributed by atoms with Crippen molar-refractivity contribution < 1.29 is 19.1 Å². The average molecular weight is 296 g/mol. The van der Waals surface area contributed by atoms with Gasteiger partial charge in [0.1, 0.15) is 5.82 Å². The lowest BCUT2D eigenvalue weighted by Crippen LogP contribution is -2.45. The molecular weight excluding hydrogens is 275 g/mol. The highest BCUT2D eigenvalue weighted by atomic mass is 19.1. The Balaban J connectivity index is 2.35. The quantitative estimate of drug-likeness (QED) is 0.721. The Kier molecular flexibility index (Phi) is 6.65. The molecule has 0 saturated carbocycles. The van der Waals surface area contributed by atoms with Gasteiger partial charge in [-0.05, 0) is 30.0 Å². The summed E-state index contributed by atoms with van der Waals surface area (Å²) >= 11 is 0. The van der Waals surface area contributed by atoms with Crippen molar-refractivity contribution in [3.8, 4) is 0 Å². The molecule has 0 saturated heterocycles. The van der Waals surface area contributed by atoms with Crippen molar-refractivity contribution in [3.63, 3.8) is 0 Å². The Bertz CT molecular complexity index is 474. The van der Waals surface area contributed by atoms with E-state index in [9.17, 15) is 14.0 Å². The first kappa shape index (κ1) is 16.9. The van der Waals surface area contributed by atoms with Gasteiger partial charge in [-0.2, -0.15) is 0 Å². The molecule has 6 heteroatoms. The Labute approximate surface area is 123 Å². The van der Waals surface area contributed by atoms with E-state index in [0.717, 1.165) is 5.56 Å². The lowest BCUT2D eigenvalue weighted by molar-refractivity contribution is -0.137. The number of halogens is 1. The fraction of sp³-hybridized carbons (Fsp3) is 0.467. The van der Waals surface area contributed by atoms with Crippen molar-refractivity contribution >= 4 is 12.0 Å². The molecule has 0 aliphatic heterocycles. The number of nitrogens with one attached hydrogen (secondary N) is 2. The third-order valence-electron chi connectivity index (χ3n) is 3.13. The molecule has 0 aliphatic rings. The zero-order valence-electron chi connectivity index (χ0n) is 12.2. The minimum atomic E-state index is -0.944. The number of urea groups is 1. The van der Waals surface area contributed by atoms with Gasteiger partial charge in [0.25, 0.3) is 0 Å². The molecule has 0 radical (unpaired) electrons. The molecule has 0 aliphatic carbocycles. The van der Waals surface area contributed by atoms with E-state index in [-0.39, 0.29) is 18.2 Å². The first-order valence-corrected chi connectivity index (χ1v) is 6.89. The number of aliphatic carboxylic acids is 1. The van der Waals surface area contributed by atoms with Crippen LogP contribution in [-0.4, -0.2) is 29.7 Å². The number of carbonyl (C=O) groups is 2. The Morgan fingerprint density at radius 1 is 1.24 bits per heavy atom. The Morgan fingerprint density at radius 2 is 1.86 bits per heavy atom. The van der Waals surface area contributed by atoms with Crippen LogP contribution in [0.1, 0.15) is 25.8 Å². The number of amides is 2. The van der Waals surface area contributed by atoms with Gasteiger partial charge in [0.15, 0.2) is 0 Å². The standard InChI is InChI=1S/C15H21FN2O3/c1-10(2)13(9-14(19)20)18-15(21)17-8-7-11-3-5-12(16)6-4-11/h3-6,10,13H,7-9H2,1-2H3,(H,19,20)(H2,17,18,21). The van der Waals surface area contributed by atoms with E-state index in [0.29, 0.717) is 13.0 Å². The van der Waals surface area contributed by atoms with E-state index < -0.39 is 18.0 Å². The Morgan fingerprint density at radius 3 is 2.38 bits per heavy atom. The van der Waals surface area contributed by atoms with Crippen LogP contribution in [0.15, 0.2) is 24.3 Å². The van der Waals surface area contributed by atoms with Gasteiger partial charge < -0.3 is 15.7 Å². The summed E-state index contributed by atoms with van der Waals surface area (Å²) in [4.78, 5) is 22.4. The van der Waals surface area contributed by atoms with Gasteiger partial charge >= 0.3 is 12.0 Å². The highest BCUT2D eigenvalue weighted by molar-refractivity contribution is 5.75. The third kappa shape index (κ3) is 6.74. The molecule has 1 rings (SSSR count). The number of carboxylic acid groups (broad SMARTS) is 1. The number of carbonyl (C=O) groups excluding carboxylic acids is 1. The van der Waals surface area contributed by atoms with E-state index in [1.165, 1.54) is 12.1 Å². The fourth-order valence-electron chi connectivity index (χ4n) is 1.83. The maximum Gasteiger partial charge on any atom is 0.315 e. The molecular formula is C15H21FN2O3. The SMILES string of the molecule is CC(C)C(CC(=O)O)NC(=O)NCCc1ccc(F)cc1. The van der Waals surface area contributed by atoms with Gasteiger partial charge in [-0.25, -0.2) is 9.18 Å².